The van der Waals surface area contributed by atoms with Crippen molar-refractivity contribution >= 4 is 77.9 Å². The van der Waals surface area contributed by atoms with Gasteiger partial charge in [-0.25, -0.2) is 21.6 Å². The van der Waals surface area contributed by atoms with Gasteiger partial charge >= 0.3 is 0 Å². The number of sulfonamides is 1. The summed E-state index contributed by atoms with van der Waals surface area (Å²) in [4.78, 5) is 13.2. The maximum Gasteiger partial charge on any atom is 0.240 e. The highest BCUT2D eigenvalue weighted by atomic mass is 35.5. The summed E-state index contributed by atoms with van der Waals surface area (Å²) < 4.78 is 78.3. The third-order valence-electron chi connectivity index (χ3n) is 13.2. The molecule has 2 aliphatic heterocycles. The maximum absolute atomic E-state index is 13.3. The molecule has 2 heterocycles. The molecule has 4 aromatic carbocycles. The third-order valence-corrected chi connectivity index (χ3v) is 17.6. The van der Waals surface area contributed by atoms with E-state index in [1.54, 1.807) is 48.5 Å². The zero-order valence-corrected chi connectivity index (χ0v) is 48.8. The van der Waals surface area contributed by atoms with Crippen LogP contribution in [0.1, 0.15) is 90.2 Å². The van der Waals surface area contributed by atoms with E-state index in [4.69, 9.17) is 65.4 Å². The molecule has 0 aromatic heterocycles. The fraction of sp³-hybridized carbons (Fsp3) is 0.491. The van der Waals surface area contributed by atoms with Crippen molar-refractivity contribution in [2.45, 2.75) is 79.7 Å². The van der Waals surface area contributed by atoms with Crippen molar-refractivity contribution in [3.63, 3.8) is 0 Å². The van der Waals surface area contributed by atoms with E-state index >= 15 is 0 Å². The molecule has 0 saturated carbocycles. The first-order chi connectivity index (χ1) is 37.6. The van der Waals surface area contributed by atoms with Gasteiger partial charge in [0, 0.05) is 96.7 Å². The first kappa shape index (κ1) is 62.8. The van der Waals surface area contributed by atoms with Gasteiger partial charge in [0.1, 0.15) is 0 Å². The lowest BCUT2D eigenvalue weighted by atomic mass is 9.85. The van der Waals surface area contributed by atoms with Crippen LogP contribution in [0.15, 0.2) is 92.6 Å². The Labute approximate surface area is 480 Å². The average molecular weight is 1190 g/mol. The number of sulfone groups is 1. The number of aliphatic imine (C=N–C) groups is 2. The van der Waals surface area contributed by atoms with Crippen molar-refractivity contribution < 1.29 is 35.8 Å². The Kier molecular flexibility index (Phi) is 25.9. The minimum Gasteiger partial charge on any atom is -0.379 e. The number of likely N-dealkylation sites (N-methyl/N-ethyl adjacent to an activating group) is 2. The Bertz CT molecular complexity index is 2990. The largest absolute Gasteiger partial charge is 0.379 e. The normalized spacial score (nSPS) is 16.3. The van der Waals surface area contributed by atoms with Crippen molar-refractivity contribution in [1.29, 1.82) is 10.5 Å². The summed E-state index contributed by atoms with van der Waals surface area (Å²) in [6.07, 6.45) is 8.57. The molecular weight excluding hydrogens is 1120 g/mol. The lowest BCUT2D eigenvalue weighted by molar-refractivity contribution is 0.0495. The fourth-order valence-electron chi connectivity index (χ4n) is 9.46. The molecule has 0 fully saturated rings. The van der Waals surface area contributed by atoms with Crippen LogP contribution in [0.5, 0.6) is 0 Å². The van der Waals surface area contributed by atoms with Gasteiger partial charge in [-0.05, 0) is 135 Å². The molecule has 2 aliphatic rings. The number of ether oxygens (including phenoxy) is 4. The number of nitriles is 2. The summed E-state index contributed by atoms with van der Waals surface area (Å²) >= 11 is 25.8. The van der Waals surface area contributed by atoms with Gasteiger partial charge in [-0.2, -0.15) is 15.5 Å². The van der Waals surface area contributed by atoms with E-state index in [2.05, 4.69) is 35.1 Å². The molecule has 0 aliphatic carbocycles. The lowest BCUT2D eigenvalue weighted by Gasteiger charge is -2.33. The molecule has 422 valence electrons. The molecule has 17 nitrogen and oxygen atoms in total. The number of hydrogen-bond acceptors (Lipinski definition) is 14. The summed E-state index contributed by atoms with van der Waals surface area (Å²) in [6.45, 7) is 6.27. The Morgan fingerprint density at radius 1 is 0.654 bits per heavy atom. The standard InChI is InChI=1S/C55H69Cl4N9O8S2/c1-67-34-49(47-30-42(56)32-53(58)51(47)36-67)40-10-6-14-45(28-40)77(69,70)27-9-20-74-24-25-75-21-17-63-55(65-39-61)62-16-5-3-4-12-44(64-38-60)13-8-19-73-23-26-76-22-18-66-78(71,72)46-15-7-11-41(29-46)50-35-68(2)37-52-48(50)31-43(57)33-54(52)59/h6-7,10-11,14-15,28-33,49-50,66H,3-5,8-9,12-13,16-27,34-37H2,1-2H3,(H2,62,63,65)/t49-,50-/m1/s1. The Morgan fingerprint density at radius 3 is 1.78 bits per heavy atom. The molecule has 2 atom stereocenters. The second-order valence-electron chi connectivity index (χ2n) is 19.2. The van der Waals surface area contributed by atoms with E-state index < -0.39 is 19.9 Å². The SMILES string of the molecule is CN1Cc2c(Cl)cc(Cl)cc2[C@@H](c2cccc(S(=O)(=O)CCCOCCOCCNC(=NCCCCCC(CCCOCCOCCNS(=O)(=O)c3cccc([C@H]4CN(C)Cc5c(Cl)cc(Cl)cc54)c3)=NC#N)NC#N)c2)C1. The third kappa shape index (κ3) is 19.7. The van der Waals surface area contributed by atoms with Crippen molar-refractivity contribution in [3.05, 3.63) is 126 Å². The number of rotatable bonds is 31. The highest BCUT2D eigenvalue weighted by molar-refractivity contribution is 7.91. The van der Waals surface area contributed by atoms with Crippen LogP contribution >= 0.6 is 46.4 Å². The zero-order valence-electron chi connectivity index (χ0n) is 44.1. The molecule has 0 bridgehead atoms. The summed E-state index contributed by atoms with van der Waals surface area (Å²) in [7, 11) is -3.32. The molecule has 0 amide bonds. The predicted molar refractivity (Wildman–Crippen MR) is 307 cm³/mol. The highest BCUT2D eigenvalue weighted by Crippen LogP contribution is 2.40. The van der Waals surface area contributed by atoms with Gasteiger partial charge < -0.3 is 34.1 Å². The van der Waals surface area contributed by atoms with Crippen molar-refractivity contribution in [2.75, 3.05) is 105 Å². The molecule has 23 heteroatoms. The average Bonchev–Trinajstić information content (AvgIpc) is 3.45. The molecule has 0 radical (unpaired) electrons. The van der Waals surface area contributed by atoms with Crippen LogP contribution < -0.4 is 15.4 Å². The predicted octanol–water partition coefficient (Wildman–Crippen LogP) is 8.94. The molecular formula is C55H69Cl4N9O8S2. The van der Waals surface area contributed by atoms with E-state index in [1.807, 2.05) is 50.7 Å². The number of hydrogen-bond donors (Lipinski definition) is 3. The monoisotopic (exact) mass is 1190 g/mol. The van der Waals surface area contributed by atoms with E-state index in [9.17, 15) is 27.4 Å². The van der Waals surface area contributed by atoms with Crippen LogP contribution in [0.25, 0.3) is 0 Å². The number of nitrogens with zero attached hydrogens (tertiary/aromatic N) is 6. The number of halogens is 4. The maximum atomic E-state index is 13.3. The van der Waals surface area contributed by atoms with Gasteiger partial charge in [-0.3, -0.25) is 10.3 Å². The van der Waals surface area contributed by atoms with E-state index in [1.165, 1.54) is 0 Å². The lowest BCUT2D eigenvalue weighted by Crippen LogP contribution is -2.36. The summed E-state index contributed by atoms with van der Waals surface area (Å²) in [5, 5.41) is 26.4. The molecule has 78 heavy (non-hydrogen) atoms. The van der Waals surface area contributed by atoms with Crippen LogP contribution in [-0.2, 0) is 51.9 Å². The number of guanidine groups is 1. The number of fused-ring (bicyclic) bond motifs is 2. The molecule has 0 spiro atoms. The van der Waals surface area contributed by atoms with Crippen LogP contribution in [0.3, 0.4) is 0 Å². The number of unbranched alkanes of at least 4 members (excludes halogenated alkanes) is 2. The van der Waals surface area contributed by atoms with Crippen molar-refractivity contribution in [1.82, 2.24) is 25.2 Å². The minimum absolute atomic E-state index is 0.0515. The van der Waals surface area contributed by atoms with E-state index in [-0.39, 0.29) is 47.1 Å². The van der Waals surface area contributed by atoms with Gasteiger partial charge in [0.25, 0.3) is 0 Å². The molecule has 0 saturated heterocycles. The van der Waals surface area contributed by atoms with Gasteiger partial charge in [0.2, 0.25) is 22.2 Å². The van der Waals surface area contributed by atoms with Gasteiger partial charge in [0.15, 0.2) is 16.0 Å². The molecule has 4 aromatic rings. The number of nitrogens with one attached hydrogen (secondary N) is 3. The van der Waals surface area contributed by atoms with E-state index in [0.29, 0.717) is 131 Å². The Hall–Kier alpha value is -4.42. The van der Waals surface area contributed by atoms with E-state index in [0.717, 1.165) is 58.4 Å². The second kappa shape index (κ2) is 32.1. The van der Waals surface area contributed by atoms with Crippen molar-refractivity contribution in [3.8, 4) is 12.4 Å². The fourth-order valence-corrected chi connectivity index (χ4v) is 13.0. The topological polar surface area (TPSA) is 220 Å². The quantitative estimate of drug-likeness (QED) is 0.0141. The van der Waals surface area contributed by atoms with Gasteiger partial charge in [-0.15, -0.1) is 0 Å². The highest BCUT2D eigenvalue weighted by Gasteiger charge is 2.30. The van der Waals surface area contributed by atoms with Gasteiger partial charge in [-0.1, -0.05) is 77.1 Å². The minimum atomic E-state index is -3.79. The number of benzene rings is 4. The first-order valence-corrected chi connectivity index (χ1v) is 30.7. The smallest absolute Gasteiger partial charge is 0.240 e. The molecule has 3 N–H and O–H groups in total. The first-order valence-electron chi connectivity index (χ1n) is 26.0. The summed E-state index contributed by atoms with van der Waals surface area (Å²) in [5.74, 6) is 0.138. The van der Waals surface area contributed by atoms with Crippen LogP contribution in [0.2, 0.25) is 20.1 Å². The summed E-state index contributed by atoms with van der Waals surface area (Å²) in [6, 6.07) is 21.4. The van der Waals surface area contributed by atoms with Crippen molar-refractivity contribution in [2.24, 2.45) is 9.98 Å². The molecule has 6 rings (SSSR count). The van der Waals surface area contributed by atoms with Crippen LogP contribution in [-0.4, -0.2) is 144 Å². The van der Waals surface area contributed by atoms with Gasteiger partial charge in [0.05, 0.1) is 55.2 Å². The van der Waals surface area contributed by atoms with Crippen LogP contribution in [0.4, 0.5) is 0 Å². The Morgan fingerprint density at radius 2 is 1.19 bits per heavy atom. The Balaban J connectivity index is 0.763. The second-order valence-corrected chi connectivity index (χ2v) is 24.7. The summed E-state index contributed by atoms with van der Waals surface area (Å²) in [5.41, 5.74) is 6.58. The zero-order chi connectivity index (χ0) is 55.9. The van der Waals surface area contributed by atoms with Crippen LogP contribution in [0, 0.1) is 22.9 Å². The molecule has 0 unspecified atom stereocenters.